The maximum atomic E-state index is 6.79. The molecular formula is C26H43N. The molecule has 0 aromatic heterocycles. The second-order valence-electron chi connectivity index (χ2n) is 8.86. The van der Waals surface area contributed by atoms with Gasteiger partial charge in [0.15, 0.2) is 0 Å². The molecule has 0 radical (unpaired) electrons. The van der Waals surface area contributed by atoms with Gasteiger partial charge in [0.1, 0.15) is 0 Å². The molecule has 0 spiro atoms. The van der Waals surface area contributed by atoms with Crippen LogP contribution < -0.4 is 5.73 Å². The molecule has 0 aliphatic rings. The SMILES string of the molecule is CC.CC(C)=C/C(=C(C)/C=C/c1cccc(C)c1)C(C)C(C)(N)C(C)(C)C. The average Bonchev–Trinajstić information content (AvgIpc) is 2.57. The molecule has 0 heterocycles. The summed E-state index contributed by atoms with van der Waals surface area (Å²) in [4.78, 5) is 0. The zero-order valence-corrected chi connectivity index (χ0v) is 19.7. The molecule has 0 aliphatic carbocycles. The van der Waals surface area contributed by atoms with Crippen LogP contribution in [-0.4, -0.2) is 5.54 Å². The summed E-state index contributed by atoms with van der Waals surface area (Å²) in [6.07, 6.45) is 6.70. The molecule has 1 aromatic carbocycles. The zero-order valence-electron chi connectivity index (χ0n) is 19.7. The largest absolute Gasteiger partial charge is 0.324 e. The molecule has 0 amide bonds. The van der Waals surface area contributed by atoms with Crippen molar-refractivity contribution in [2.75, 3.05) is 0 Å². The zero-order chi connectivity index (χ0) is 21.4. The standard InChI is InChI=1S/C24H37N.C2H6/c1-17(2)15-22(20(5)24(9,25)23(6,7)8)19(4)13-14-21-12-10-11-18(3)16-21;1-2/h10-16,20H,25H2,1-9H3;1-2H3/b14-13+,22-19-;. The summed E-state index contributed by atoms with van der Waals surface area (Å²) in [5, 5.41) is 0. The summed E-state index contributed by atoms with van der Waals surface area (Å²) < 4.78 is 0. The van der Waals surface area contributed by atoms with E-state index in [1.165, 1.54) is 27.8 Å². The van der Waals surface area contributed by atoms with Crippen LogP contribution in [0.15, 0.2) is 53.1 Å². The maximum absolute atomic E-state index is 6.79. The Morgan fingerprint density at radius 1 is 1.04 bits per heavy atom. The Labute approximate surface area is 169 Å². The molecule has 2 N–H and O–H groups in total. The fourth-order valence-corrected chi connectivity index (χ4v) is 2.96. The van der Waals surface area contributed by atoms with Crippen LogP contribution in [-0.2, 0) is 0 Å². The Morgan fingerprint density at radius 2 is 1.59 bits per heavy atom. The number of allylic oxidation sites excluding steroid dienone is 4. The first-order valence-electron chi connectivity index (χ1n) is 10.3. The minimum absolute atomic E-state index is 0.0215. The number of aryl methyl sites for hydroxylation is 1. The molecule has 0 saturated heterocycles. The van der Waals surface area contributed by atoms with Crippen molar-refractivity contribution >= 4 is 6.08 Å². The first-order valence-corrected chi connectivity index (χ1v) is 10.3. The molecule has 0 fully saturated rings. The van der Waals surface area contributed by atoms with Gasteiger partial charge in [-0.3, -0.25) is 0 Å². The van der Waals surface area contributed by atoms with Gasteiger partial charge in [-0.2, -0.15) is 0 Å². The van der Waals surface area contributed by atoms with Crippen LogP contribution in [0.1, 0.15) is 80.4 Å². The van der Waals surface area contributed by atoms with Crippen LogP contribution >= 0.6 is 0 Å². The van der Waals surface area contributed by atoms with Crippen molar-refractivity contribution in [3.63, 3.8) is 0 Å². The van der Waals surface area contributed by atoms with Crippen molar-refractivity contribution in [1.29, 1.82) is 0 Å². The van der Waals surface area contributed by atoms with Gasteiger partial charge in [0.25, 0.3) is 0 Å². The normalized spacial score (nSPS) is 16.0. The predicted molar refractivity (Wildman–Crippen MR) is 125 cm³/mol. The van der Waals surface area contributed by atoms with Gasteiger partial charge in [0.2, 0.25) is 0 Å². The Kier molecular flexibility index (Phi) is 10.0. The maximum Gasteiger partial charge on any atom is 0.0241 e. The van der Waals surface area contributed by atoms with Crippen molar-refractivity contribution in [3.8, 4) is 0 Å². The summed E-state index contributed by atoms with van der Waals surface area (Å²) in [7, 11) is 0. The lowest BCUT2D eigenvalue weighted by atomic mass is 9.65. The van der Waals surface area contributed by atoms with Gasteiger partial charge in [-0.15, -0.1) is 0 Å². The Hall–Kier alpha value is -1.60. The highest BCUT2D eigenvalue weighted by molar-refractivity contribution is 5.55. The second kappa shape index (κ2) is 10.7. The molecule has 2 atom stereocenters. The summed E-state index contributed by atoms with van der Waals surface area (Å²) in [6, 6.07) is 8.57. The molecule has 27 heavy (non-hydrogen) atoms. The Bertz CT molecular complexity index is 674. The van der Waals surface area contributed by atoms with Gasteiger partial charge in [0, 0.05) is 5.54 Å². The number of hydrogen-bond acceptors (Lipinski definition) is 1. The first kappa shape index (κ1) is 25.4. The number of nitrogens with two attached hydrogens (primary N) is 1. The molecule has 0 aliphatic heterocycles. The van der Waals surface area contributed by atoms with E-state index in [1.807, 2.05) is 13.8 Å². The molecular weight excluding hydrogens is 326 g/mol. The van der Waals surface area contributed by atoms with E-state index in [0.717, 1.165) is 0 Å². The number of benzene rings is 1. The summed E-state index contributed by atoms with van der Waals surface area (Å²) >= 11 is 0. The average molecular weight is 370 g/mol. The van der Waals surface area contributed by atoms with Gasteiger partial charge in [-0.1, -0.05) is 95.2 Å². The van der Waals surface area contributed by atoms with E-state index in [-0.39, 0.29) is 16.9 Å². The van der Waals surface area contributed by atoms with Crippen LogP contribution in [0.4, 0.5) is 0 Å². The van der Waals surface area contributed by atoms with E-state index in [9.17, 15) is 0 Å². The second-order valence-corrected chi connectivity index (χ2v) is 8.86. The molecule has 0 bridgehead atoms. The predicted octanol–water partition coefficient (Wildman–Crippen LogP) is 7.72. The Morgan fingerprint density at radius 3 is 2.04 bits per heavy atom. The van der Waals surface area contributed by atoms with Crippen molar-refractivity contribution in [2.45, 2.75) is 81.7 Å². The summed E-state index contributed by atoms with van der Waals surface area (Å²) in [6.45, 7) is 23.7. The highest BCUT2D eigenvalue weighted by atomic mass is 14.8. The van der Waals surface area contributed by atoms with Crippen LogP contribution in [0, 0.1) is 18.3 Å². The van der Waals surface area contributed by atoms with Gasteiger partial charge in [0.05, 0.1) is 0 Å². The highest BCUT2D eigenvalue weighted by Gasteiger charge is 2.39. The topological polar surface area (TPSA) is 26.0 Å². The van der Waals surface area contributed by atoms with E-state index < -0.39 is 0 Å². The van der Waals surface area contributed by atoms with E-state index >= 15 is 0 Å². The molecule has 1 nitrogen and oxygen atoms in total. The monoisotopic (exact) mass is 369 g/mol. The fraction of sp³-hybridized carbons (Fsp3) is 0.538. The first-order chi connectivity index (χ1) is 12.4. The number of rotatable bonds is 5. The summed E-state index contributed by atoms with van der Waals surface area (Å²) in [5.41, 5.74) is 12.9. The fourth-order valence-electron chi connectivity index (χ4n) is 2.96. The van der Waals surface area contributed by atoms with Gasteiger partial charge >= 0.3 is 0 Å². The molecule has 0 saturated carbocycles. The molecule has 152 valence electrons. The lowest BCUT2D eigenvalue weighted by Crippen LogP contribution is -2.54. The van der Waals surface area contributed by atoms with Crippen LogP contribution in [0.2, 0.25) is 0 Å². The minimum atomic E-state index is -0.299. The van der Waals surface area contributed by atoms with E-state index in [0.29, 0.717) is 0 Å². The van der Waals surface area contributed by atoms with Crippen molar-refractivity contribution in [3.05, 3.63) is 64.3 Å². The van der Waals surface area contributed by atoms with Gasteiger partial charge in [-0.25, -0.2) is 0 Å². The van der Waals surface area contributed by atoms with Crippen LogP contribution in [0.3, 0.4) is 0 Å². The lowest BCUT2D eigenvalue weighted by molar-refractivity contribution is 0.159. The van der Waals surface area contributed by atoms with Crippen molar-refractivity contribution < 1.29 is 0 Å². The summed E-state index contributed by atoms with van der Waals surface area (Å²) in [5.74, 6) is 0.254. The van der Waals surface area contributed by atoms with Crippen molar-refractivity contribution in [1.82, 2.24) is 0 Å². The lowest BCUT2D eigenvalue weighted by Gasteiger charge is -2.44. The van der Waals surface area contributed by atoms with Gasteiger partial charge < -0.3 is 5.73 Å². The Balaban J connectivity index is 0.00000326. The van der Waals surface area contributed by atoms with E-state index in [4.69, 9.17) is 5.73 Å². The van der Waals surface area contributed by atoms with Crippen molar-refractivity contribution in [2.24, 2.45) is 17.1 Å². The minimum Gasteiger partial charge on any atom is -0.324 e. The highest BCUT2D eigenvalue weighted by Crippen LogP contribution is 2.39. The molecule has 1 rings (SSSR count). The number of hydrogen-bond donors (Lipinski definition) is 1. The molecule has 1 aromatic rings. The smallest absolute Gasteiger partial charge is 0.0241 e. The quantitative estimate of drug-likeness (QED) is 0.528. The molecule has 2 unspecified atom stereocenters. The molecule has 1 heteroatoms. The van der Waals surface area contributed by atoms with Gasteiger partial charge in [-0.05, 0) is 62.7 Å². The van der Waals surface area contributed by atoms with E-state index in [2.05, 4.69) is 105 Å². The third-order valence-corrected chi connectivity index (χ3v) is 5.45. The van der Waals surface area contributed by atoms with E-state index in [1.54, 1.807) is 0 Å². The van der Waals surface area contributed by atoms with Crippen LogP contribution in [0.5, 0.6) is 0 Å². The third-order valence-electron chi connectivity index (χ3n) is 5.45. The third kappa shape index (κ3) is 7.50. The van der Waals surface area contributed by atoms with Crippen LogP contribution in [0.25, 0.3) is 6.08 Å².